The van der Waals surface area contributed by atoms with Gasteiger partial charge >= 0.3 is 0 Å². The van der Waals surface area contributed by atoms with Crippen LogP contribution in [0.4, 0.5) is 0 Å². The number of nitrogens with one attached hydrogen (secondary N) is 1. The molecule has 2 fully saturated rings. The molecule has 2 saturated heterocycles. The Morgan fingerprint density at radius 2 is 2.15 bits per heavy atom. The fourth-order valence-electron chi connectivity index (χ4n) is 2.96. The molecule has 76 valence electrons. The fourth-order valence-corrected chi connectivity index (χ4v) is 2.96. The predicted molar refractivity (Wildman–Crippen MR) is 55.9 cm³/mol. The molecule has 0 aromatic carbocycles. The molecule has 2 aliphatic rings. The fraction of sp³-hybridized carbons (Fsp3) is 1.00. The lowest BCUT2D eigenvalue weighted by Gasteiger charge is -2.45. The largest absolute Gasteiger partial charge is 0.316 e. The third-order valence-corrected chi connectivity index (χ3v) is 3.75. The predicted octanol–water partition coefficient (Wildman–Crippen LogP) is 1.47. The Morgan fingerprint density at radius 1 is 1.31 bits per heavy atom. The molecule has 1 unspecified atom stereocenters. The zero-order chi connectivity index (χ0) is 9.15. The maximum absolute atomic E-state index is 3.56. The van der Waals surface area contributed by atoms with E-state index in [-0.39, 0.29) is 0 Å². The van der Waals surface area contributed by atoms with E-state index in [0.717, 1.165) is 0 Å². The third kappa shape index (κ3) is 2.05. The zero-order valence-corrected chi connectivity index (χ0v) is 8.81. The van der Waals surface area contributed by atoms with Crippen LogP contribution in [0, 0.1) is 5.41 Å². The van der Waals surface area contributed by atoms with Gasteiger partial charge in [-0.25, -0.2) is 0 Å². The Bertz CT molecular complexity index is 156. The topological polar surface area (TPSA) is 15.3 Å². The van der Waals surface area contributed by atoms with Gasteiger partial charge in [-0.05, 0) is 50.7 Å². The third-order valence-electron chi connectivity index (χ3n) is 3.75. The molecule has 1 spiro atoms. The molecule has 0 radical (unpaired) electrons. The molecule has 0 aromatic heterocycles. The Labute approximate surface area is 81.7 Å². The molecule has 1 N–H and O–H groups in total. The normalized spacial score (nSPS) is 36.7. The van der Waals surface area contributed by atoms with Crippen molar-refractivity contribution in [2.24, 2.45) is 5.41 Å². The summed E-state index contributed by atoms with van der Waals surface area (Å²) in [7, 11) is 0. The summed E-state index contributed by atoms with van der Waals surface area (Å²) in [5, 5.41) is 3.56. The summed E-state index contributed by atoms with van der Waals surface area (Å²) in [6, 6.07) is 0. The van der Waals surface area contributed by atoms with Crippen LogP contribution >= 0.6 is 0 Å². The van der Waals surface area contributed by atoms with E-state index in [4.69, 9.17) is 0 Å². The summed E-state index contributed by atoms with van der Waals surface area (Å²) in [6.45, 7) is 8.71. The van der Waals surface area contributed by atoms with Crippen LogP contribution in [0.2, 0.25) is 0 Å². The summed E-state index contributed by atoms with van der Waals surface area (Å²) >= 11 is 0. The highest BCUT2D eigenvalue weighted by molar-refractivity contribution is 4.91. The molecule has 2 heteroatoms. The number of nitrogens with zero attached hydrogens (tertiary/aromatic N) is 1. The van der Waals surface area contributed by atoms with Crippen molar-refractivity contribution in [1.29, 1.82) is 0 Å². The lowest BCUT2D eigenvalue weighted by atomic mass is 9.74. The molecule has 0 aliphatic carbocycles. The highest BCUT2D eigenvalue weighted by Crippen LogP contribution is 2.35. The van der Waals surface area contributed by atoms with Crippen molar-refractivity contribution in [1.82, 2.24) is 10.2 Å². The van der Waals surface area contributed by atoms with Gasteiger partial charge in [0.2, 0.25) is 0 Å². The first-order chi connectivity index (χ1) is 6.35. The molecule has 0 aromatic rings. The van der Waals surface area contributed by atoms with Crippen molar-refractivity contribution in [3.8, 4) is 0 Å². The van der Waals surface area contributed by atoms with Crippen LogP contribution in [0.1, 0.15) is 32.6 Å². The smallest absolute Gasteiger partial charge is 0.00500 e. The highest BCUT2D eigenvalue weighted by Gasteiger charge is 2.35. The second-order valence-electron chi connectivity index (χ2n) is 4.75. The second kappa shape index (κ2) is 3.97. The molecule has 0 bridgehead atoms. The Hall–Kier alpha value is -0.0800. The first kappa shape index (κ1) is 9.47. The van der Waals surface area contributed by atoms with Gasteiger partial charge in [-0.3, -0.25) is 0 Å². The van der Waals surface area contributed by atoms with Gasteiger partial charge in [0.05, 0.1) is 0 Å². The molecule has 2 heterocycles. The van der Waals surface area contributed by atoms with Gasteiger partial charge in [-0.2, -0.15) is 0 Å². The number of likely N-dealkylation sites (tertiary alicyclic amines) is 1. The van der Waals surface area contributed by atoms with E-state index < -0.39 is 0 Å². The van der Waals surface area contributed by atoms with Crippen molar-refractivity contribution < 1.29 is 0 Å². The van der Waals surface area contributed by atoms with Crippen molar-refractivity contribution in [2.45, 2.75) is 32.6 Å². The van der Waals surface area contributed by atoms with Crippen molar-refractivity contribution in [3.05, 3.63) is 0 Å². The van der Waals surface area contributed by atoms with Gasteiger partial charge in [-0.1, -0.05) is 6.92 Å². The van der Waals surface area contributed by atoms with Gasteiger partial charge in [0.15, 0.2) is 0 Å². The molecule has 2 rings (SSSR count). The van der Waals surface area contributed by atoms with Crippen LogP contribution < -0.4 is 5.32 Å². The quantitative estimate of drug-likeness (QED) is 0.660. The first-order valence-electron chi connectivity index (χ1n) is 5.78. The zero-order valence-electron chi connectivity index (χ0n) is 8.81. The monoisotopic (exact) mass is 182 g/mol. The average Bonchev–Trinajstić information content (AvgIpc) is 2.19. The van der Waals surface area contributed by atoms with Gasteiger partial charge in [0.25, 0.3) is 0 Å². The Balaban J connectivity index is 1.95. The lowest BCUT2D eigenvalue weighted by molar-refractivity contribution is 0.0681. The van der Waals surface area contributed by atoms with Crippen molar-refractivity contribution >= 4 is 0 Å². The number of hydrogen-bond donors (Lipinski definition) is 1. The van der Waals surface area contributed by atoms with E-state index in [1.54, 1.807) is 0 Å². The van der Waals surface area contributed by atoms with Crippen LogP contribution in [0.15, 0.2) is 0 Å². The summed E-state index contributed by atoms with van der Waals surface area (Å²) < 4.78 is 0. The molecule has 0 saturated carbocycles. The maximum Gasteiger partial charge on any atom is 0.00500 e. The van der Waals surface area contributed by atoms with E-state index in [0.29, 0.717) is 5.41 Å². The second-order valence-corrected chi connectivity index (χ2v) is 4.75. The number of hydrogen-bond acceptors (Lipinski definition) is 2. The lowest BCUT2D eigenvalue weighted by Crippen LogP contribution is -2.50. The number of rotatable bonds is 1. The molecule has 1 atom stereocenters. The summed E-state index contributed by atoms with van der Waals surface area (Å²) in [4.78, 5) is 2.62. The van der Waals surface area contributed by atoms with Crippen molar-refractivity contribution in [3.63, 3.8) is 0 Å². The molecule has 0 amide bonds. The Morgan fingerprint density at radius 3 is 2.85 bits per heavy atom. The summed E-state index contributed by atoms with van der Waals surface area (Å²) in [5.74, 6) is 0. The van der Waals surface area contributed by atoms with Crippen LogP contribution in [-0.4, -0.2) is 37.6 Å². The SMILES string of the molecule is CCN1CCCC2(CCCNC2)C1. The summed E-state index contributed by atoms with van der Waals surface area (Å²) in [6.07, 6.45) is 5.71. The van der Waals surface area contributed by atoms with E-state index >= 15 is 0 Å². The molecular weight excluding hydrogens is 160 g/mol. The van der Waals surface area contributed by atoms with Crippen LogP contribution in [0.25, 0.3) is 0 Å². The molecule has 2 nitrogen and oxygen atoms in total. The molecular formula is C11H22N2. The van der Waals surface area contributed by atoms with Crippen LogP contribution in [-0.2, 0) is 0 Å². The van der Waals surface area contributed by atoms with Crippen molar-refractivity contribution in [2.75, 3.05) is 32.7 Å². The van der Waals surface area contributed by atoms with Gasteiger partial charge in [-0.15, -0.1) is 0 Å². The van der Waals surface area contributed by atoms with E-state index in [1.165, 1.54) is 58.4 Å². The molecule has 2 aliphatic heterocycles. The summed E-state index contributed by atoms with van der Waals surface area (Å²) in [5.41, 5.74) is 0.645. The standard InChI is InChI=1S/C11H22N2/c1-2-13-8-4-6-11(10-13)5-3-7-12-9-11/h12H,2-10H2,1H3. The Kier molecular flexibility index (Phi) is 2.89. The van der Waals surface area contributed by atoms with Gasteiger partial charge in [0, 0.05) is 13.1 Å². The average molecular weight is 182 g/mol. The highest BCUT2D eigenvalue weighted by atomic mass is 15.1. The first-order valence-corrected chi connectivity index (χ1v) is 5.78. The van der Waals surface area contributed by atoms with Gasteiger partial charge in [0.1, 0.15) is 0 Å². The minimum Gasteiger partial charge on any atom is -0.316 e. The van der Waals surface area contributed by atoms with Gasteiger partial charge < -0.3 is 10.2 Å². The number of piperidine rings is 2. The molecule has 13 heavy (non-hydrogen) atoms. The van der Waals surface area contributed by atoms with Crippen LogP contribution in [0.3, 0.4) is 0 Å². The minimum atomic E-state index is 0.645. The maximum atomic E-state index is 3.56. The van der Waals surface area contributed by atoms with Crippen LogP contribution in [0.5, 0.6) is 0 Å². The van der Waals surface area contributed by atoms with E-state index in [2.05, 4.69) is 17.1 Å². The van der Waals surface area contributed by atoms with E-state index in [9.17, 15) is 0 Å². The minimum absolute atomic E-state index is 0.645. The van der Waals surface area contributed by atoms with E-state index in [1.807, 2.05) is 0 Å².